The summed E-state index contributed by atoms with van der Waals surface area (Å²) < 4.78 is 0. The highest BCUT2D eigenvalue weighted by Crippen LogP contribution is 2.20. The second kappa shape index (κ2) is 14.6. The zero-order valence-corrected chi connectivity index (χ0v) is 21.4. The number of hydrogen-bond acceptors (Lipinski definition) is 3. The van der Waals surface area contributed by atoms with Gasteiger partial charge in [0.15, 0.2) is 5.96 Å². The van der Waals surface area contributed by atoms with Gasteiger partial charge < -0.3 is 15.5 Å². The van der Waals surface area contributed by atoms with Gasteiger partial charge in [0.25, 0.3) is 0 Å². The van der Waals surface area contributed by atoms with Crippen LogP contribution in [0.4, 0.5) is 0 Å². The Hall–Kier alpha value is -1.35. The molecule has 170 valence electrons. The number of piperidine rings is 1. The first kappa shape index (κ1) is 26.7. The molecule has 1 amide bonds. The van der Waals surface area contributed by atoms with E-state index in [0.717, 1.165) is 57.9 Å². The van der Waals surface area contributed by atoms with Gasteiger partial charge in [-0.25, -0.2) is 0 Å². The molecule has 1 unspecified atom stereocenters. The molecule has 0 bridgehead atoms. The molecule has 1 fully saturated rings. The molecule has 1 aromatic carbocycles. The monoisotopic (exact) mass is 529 g/mol. The molecule has 1 aromatic rings. The summed E-state index contributed by atoms with van der Waals surface area (Å²) in [6.07, 6.45) is 3.77. The number of carbonyl (C=O) groups excluding carboxylic acids is 1. The minimum absolute atomic E-state index is 0. The van der Waals surface area contributed by atoms with Crippen molar-refractivity contribution in [3.8, 4) is 0 Å². The van der Waals surface area contributed by atoms with Crippen LogP contribution in [-0.4, -0.2) is 68.0 Å². The smallest absolute Gasteiger partial charge is 0.220 e. The lowest BCUT2D eigenvalue weighted by atomic mass is 9.93. The molecule has 2 N–H and O–H groups in total. The number of rotatable bonds is 9. The van der Waals surface area contributed by atoms with Crippen LogP contribution in [0.25, 0.3) is 0 Å². The summed E-state index contributed by atoms with van der Waals surface area (Å²) >= 11 is 0. The Labute approximate surface area is 199 Å². The summed E-state index contributed by atoms with van der Waals surface area (Å²) in [5, 5.41) is 6.18. The average Bonchev–Trinajstić information content (AvgIpc) is 2.74. The van der Waals surface area contributed by atoms with E-state index in [0.29, 0.717) is 18.4 Å². The van der Waals surface area contributed by atoms with E-state index in [4.69, 9.17) is 4.99 Å². The maximum Gasteiger partial charge on any atom is 0.220 e. The van der Waals surface area contributed by atoms with Gasteiger partial charge >= 0.3 is 0 Å². The molecule has 0 spiro atoms. The van der Waals surface area contributed by atoms with E-state index in [9.17, 15) is 4.79 Å². The van der Waals surface area contributed by atoms with Gasteiger partial charge in [0.05, 0.1) is 0 Å². The second-order valence-electron chi connectivity index (χ2n) is 8.08. The van der Waals surface area contributed by atoms with Crippen LogP contribution in [0.15, 0.2) is 35.3 Å². The third-order valence-electron chi connectivity index (χ3n) is 5.84. The Balaban J connectivity index is 0.00000450. The van der Waals surface area contributed by atoms with Crippen LogP contribution in [0.2, 0.25) is 0 Å². The largest absolute Gasteiger partial charge is 0.359 e. The highest BCUT2D eigenvalue weighted by Gasteiger charge is 2.23. The summed E-state index contributed by atoms with van der Waals surface area (Å²) in [4.78, 5) is 21.2. The average molecular weight is 530 g/mol. The second-order valence-corrected chi connectivity index (χ2v) is 8.08. The van der Waals surface area contributed by atoms with Gasteiger partial charge in [-0.15, -0.1) is 24.0 Å². The fourth-order valence-corrected chi connectivity index (χ4v) is 3.74. The summed E-state index contributed by atoms with van der Waals surface area (Å²) in [6.45, 7) is 8.99. The van der Waals surface area contributed by atoms with Gasteiger partial charge in [-0.05, 0) is 51.6 Å². The van der Waals surface area contributed by atoms with Crippen LogP contribution in [-0.2, 0) is 11.3 Å². The van der Waals surface area contributed by atoms with E-state index in [-0.39, 0.29) is 29.9 Å². The van der Waals surface area contributed by atoms with Gasteiger partial charge in [-0.3, -0.25) is 14.7 Å². The van der Waals surface area contributed by atoms with Crippen LogP contribution in [0, 0.1) is 5.92 Å². The van der Waals surface area contributed by atoms with Crippen LogP contribution < -0.4 is 10.6 Å². The molecule has 0 radical (unpaired) electrons. The van der Waals surface area contributed by atoms with E-state index < -0.39 is 0 Å². The number of nitrogens with one attached hydrogen (secondary N) is 2. The molecular formula is C23H40IN5O. The third-order valence-corrected chi connectivity index (χ3v) is 5.84. The molecule has 1 atom stereocenters. The van der Waals surface area contributed by atoms with Gasteiger partial charge in [0.1, 0.15) is 0 Å². The Kier molecular flexibility index (Phi) is 13.0. The molecule has 1 aliphatic heterocycles. The number of carbonyl (C=O) groups is 1. The predicted octanol–water partition coefficient (Wildman–Crippen LogP) is 3.33. The highest BCUT2D eigenvalue weighted by molar-refractivity contribution is 14.0. The lowest BCUT2D eigenvalue weighted by Gasteiger charge is -2.34. The Morgan fingerprint density at radius 1 is 1.27 bits per heavy atom. The van der Waals surface area contributed by atoms with Crippen LogP contribution in [0.5, 0.6) is 0 Å². The molecule has 2 rings (SSSR count). The zero-order chi connectivity index (χ0) is 21.1. The quantitative estimate of drug-likeness (QED) is 0.293. The number of halogens is 1. The van der Waals surface area contributed by atoms with Crippen molar-refractivity contribution in [2.45, 2.75) is 52.1 Å². The fraction of sp³-hybridized carbons (Fsp3) is 0.652. The molecule has 1 saturated heterocycles. The SMILES string of the molecule is CCNC(=NCCC(C)N(C)Cc1ccccc1)N1CCC(CC(=O)NC)CC1.I. The van der Waals surface area contributed by atoms with Crippen molar-refractivity contribution >= 4 is 35.8 Å². The van der Waals surface area contributed by atoms with Crippen molar-refractivity contribution in [1.82, 2.24) is 20.4 Å². The molecule has 0 aromatic heterocycles. The normalized spacial score (nSPS) is 16.2. The summed E-state index contributed by atoms with van der Waals surface area (Å²) in [6, 6.07) is 11.1. The fourth-order valence-electron chi connectivity index (χ4n) is 3.74. The number of benzene rings is 1. The standard InChI is InChI=1S/C23H39N5O.HI/c1-5-25-23(28-15-12-20(13-16-28)17-22(29)24-3)26-14-11-19(2)27(4)18-21-9-7-6-8-10-21;/h6-10,19-20H,5,11-18H2,1-4H3,(H,24,29)(H,25,26);1H. The number of hydrogen-bond donors (Lipinski definition) is 2. The third kappa shape index (κ3) is 9.20. The van der Waals surface area contributed by atoms with E-state index in [1.54, 1.807) is 7.05 Å². The van der Waals surface area contributed by atoms with Crippen LogP contribution >= 0.6 is 24.0 Å². The first-order chi connectivity index (χ1) is 14.0. The zero-order valence-electron chi connectivity index (χ0n) is 19.1. The topological polar surface area (TPSA) is 60.0 Å². The minimum Gasteiger partial charge on any atom is -0.359 e. The Bertz CT molecular complexity index is 632. The number of nitrogens with zero attached hydrogens (tertiary/aromatic N) is 3. The summed E-state index contributed by atoms with van der Waals surface area (Å²) in [7, 11) is 3.90. The van der Waals surface area contributed by atoms with Gasteiger partial charge in [0, 0.05) is 52.2 Å². The molecule has 1 heterocycles. The van der Waals surface area contributed by atoms with Crippen molar-refractivity contribution in [2.24, 2.45) is 10.9 Å². The first-order valence-electron chi connectivity index (χ1n) is 11.0. The molecular weight excluding hydrogens is 489 g/mol. The van der Waals surface area contributed by atoms with Crippen molar-refractivity contribution in [1.29, 1.82) is 0 Å². The summed E-state index contributed by atoms with van der Waals surface area (Å²) in [5.41, 5.74) is 1.35. The van der Waals surface area contributed by atoms with Crippen molar-refractivity contribution in [3.05, 3.63) is 35.9 Å². The maximum atomic E-state index is 11.6. The van der Waals surface area contributed by atoms with E-state index in [1.807, 2.05) is 0 Å². The van der Waals surface area contributed by atoms with Gasteiger partial charge in [-0.2, -0.15) is 0 Å². The van der Waals surface area contributed by atoms with E-state index in [2.05, 4.69) is 71.7 Å². The van der Waals surface area contributed by atoms with Gasteiger partial charge in [0.2, 0.25) is 5.91 Å². The molecule has 6 nitrogen and oxygen atoms in total. The van der Waals surface area contributed by atoms with Crippen LogP contribution in [0.1, 0.15) is 45.1 Å². The lowest BCUT2D eigenvalue weighted by molar-refractivity contribution is -0.121. The predicted molar refractivity (Wildman–Crippen MR) is 136 cm³/mol. The minimum atomic E-state index is 0. The lowest BCUT2D eigenvalue weighted by Crippen LogP contribution is -2.46. The van der Waals surface area contributed by atoms with Crippen molar-refractivity contribution in [2.75, 3.05) is 40.3 Å². The molecule has 30 heavy (non-hydrogen) atoms. The molecule has 0 aliphatic carbocycles. The van der Waals surface area contributed by atoms with Crippen molar-refractivity contribution in [3.63, 3.8) is 0 Å². The number of aliphatic imine (C=N–C) groups is 1. The molecule has 0 saturated carbocycles. The highest BCUT2D eigenvalue weighted by atomic mass is 127. The maximum absolute atomic E-state index is 11.6. The van der Waals surface area contributed by atoms with E-state index in [1.165, 1.54) is 5.56 Å². The molecule has 7 heteroatoms. The van der Waals surface area contributed by atoms with E-state index >= 15 is 0 Å². The van der Waals surface area contributed by atoms with Crippen molar-refractivity contribution < 1.29 is 4.79 Å². The Morgan fingerprint density at radius 3 is 2.53 bits per heavy atom. The number of guanidine groups is 1. The number of amides is 1. The Morgan fingerprint density at radius 2 is 1.93 bits per heavy atom. The van der Waals surface area contributed by atoms with Crippen LogP contribution in [0.3, 0.4) is 0 Å². The first-order valence-corrected chi connectivity index (χ1v) is 11.0. The van der Waals surface area contributed by atoms with Gasteiger partial charge in [-0.1, -0.05) is 30.3 Å². The number of likely N-dealkylation sites (tertiary alicyclic amines) is 1. The molecule has 1 aliphatic rings. The summed E-state index contributed by atoms with van der Waals surface area (Å²) in [5.74, 6) is 1.65.